The van der Waals surface area contributed by atoms with E-state index >= 15 is 0 Å². The first kappa shape index (κ1) is 7.79. The number of hydrogen-bond acceptors (Lipinski definition) is 3. The Balaban J connectivity index is 2.07. The van der Waals surface area contributed by atoms with Crippen LogP contribution in [0.15, 0.2) is 9.98 Å². The van der Waals surface area contributed by atoms with Crippen LogP contribution in [0.1, 0.15) is 12.8 Å². The Morgan fingerprint density at radius 1 is 1.90 bits per heavy atom. The van der Waals surface area contributed by atoms with E-state index in [1.807, 2.05) is 18.8 Å². The highest BCUT2D eigenvalue weighted by molar-refractivity contribution is 8.12. The summed E-state index contributed by atoms with van der Waals surface area (Å²) in [4.78, 5) is 8.20. The highest BCUT2D eigenvalue weighted by Crippen LogP contribution is 2.14. The molecule has 2 nitrogen and oxygen atoms in total. The molecule has 0 aromatic heterocycles. The Bertz CT molecular complexity index is 143. The molecule has 0 spiro atoms. The van der Waals surface area contributed by atoms with Gasteiger partial charge in [0.1, 0.15) is 0 Å². The second kappa shape index (κ2) is 4.50. The van der Waals surface area contributed by atoms with Crippen LogP contribution < -0.4 is 0 Å². The lowest BCUT2D eigenvalue weighted by Gasteiger charge is -2.00. The quantitative estimate of drug-likeness (QED) is 0.570. The summed E-state index contributed by atoms with van der Waals surface area (Å²) < 4.78 is 0. The minimum absolute atomic E-state index is 0.558. The fraction of sp³-hybridized carbons (Fsp3) is 0.714. The van der Waals surface area contributed by atoms with E-state index in [2.05, 4.69) is 9.98 Å². The average molecular weight is 156 g/mol. The molecular formula is C7H12N2S. The Morgan fingerprint density at radius 3 is 3.40 bits per heavy atom. The monoisotopic (exact) mass is 156 g/mol. The maximum atomic E-state index is 4.28. The van der Waals surface area contributed by atoms with E-state index in [1.54, 1.807) is 11.8 Å². The van der Waals surface area contributed by atoms with Crippen molar-refractivity contribution in [2.24, 2.45) is 9.98 Å². The van der Waals surface area contributed by atoms with Crippen LogP contribution in [0.4, 0.5) is 0 Å². The normalized spacial score (nSPS) is 24.7. The molecule has 1 unspecified atom stereocenters. The summed E-state index contributed by atoms with van der Waals surface area (Å²) in [6.45, 7) is 0. The first-order valence-electron chi connectivity index (χ1n) is 3.47. The summed E-state index contributed by atoms with van der Waals surface area (Å²) in [5.74, 6) is 1.16. The maximum Gasteiger partial charge on any atom is 0.0603 e. The molecule has 0 N–H and O–H groups in total. The van der Waals surface area contributed by atoms with Crippen molar-refractivity contribution < 1.29 is 0 Å². The largest absolute Gasteiger partial charge is 0.301 e. The van der Waals surface area contributed by atoms with E-state index in [9.17, 15) is 0 Å². The van der Waals surface area contributed by atoms with Crippen molar-refractivity contribution in [1.82, 2.24) is 0 Å². The van der Waals surface area contributed by atoms with Gasteiger partial charge in [-0.05, 0) is 19.1 Å². The van der Waals surface area contributed by atoms with Crippen molar-refractivity contribution in [3.63, 3.8) is 0 Å². The van der Waals surface area contributed by atoms with Crippen molar-refractivity contribution in [3.8, 4) is 0 Å². The fourth-order valence-electron chi connectivity index (χ4n) is 0.880. The molecule has 0 amide bonds. The second-order valence-electron chi connectivity index (χ2n) is 2.26. The third-order valence-electron chi connectivity index (χ3n) is 1.45. The van der Waals surface area contributed by atoms with Crippen LogP contribution in [0.5, 0.6) is 0 Å². The molecule has 0 aliphatic carbocycles. The van der Waals surface area contributed by atoms with Gasteiger partial charge in [-0.1, -0.05) is 0 Å². The summed E-state index contributed by atoms with van der Waals surface area (Å²) in [5.41, 5.74) is 1.95. The molecule has 1 atom stereocenters. The molecule has 0 saturated carbocycles. The predicted octanol–water partition coefficient (Wildman–Crippen LogP) is 1.61. The molecule has 1 rings (SSSR count). The highest BCUT2D eigenvalue weighted by atomic mass is 32.2. The SMILES string of the molecule is CN=CCCC1CSC=N1. The minimum Gasteiger partial charge on any atom is -0.301 e. The predicted molar refractivity (Wildman–Crippen MR) is 48.4 cm³/mol. The molecule has 0 fully saturated rings. The van der Waals surface area contributed by atoms with Gasteiger partial charge in [-0.25, -0.2) is 0 Å². The summed E-state index contributed by atoms with van der Waals surface area (Å²) in [5, 5.41) is 0. The summed E-state index contributed by atoms with van der Waals surface area (Å²) in [7, 11) is 1.81. The van der Waals surface area contributed by atoms with Crippen LogP contribution in [0, 0.1) is 0 Å². The number of aliphatic imine (C=N–C) groups is 2. The van der Waals surface area contributed by atoms with Crippen molar-refractivity contribution in [2.75, 3.05) is 12.8 Å². The van der Waals surface area contributed by atoms with Crippen LogP contribution in [0.2, 0.25) is 0 Å². The van der Waals surface area contributed by atoms with Crippen LogP contribution >= 0.6 is 11.8 Å². The van der Waals surface area contributed by atoms with Gasteiger partial charge >= 0.3 is 0 Å². The third-order valence-corrected chi connectivity index (χ3v) is 2.29. The van der Waals surface area contributed by atoms with Gasteiger partial charge < -0.3 is 4.99 Å². The van der Waals surface area contributed by atoms with Crippen LogP contribution in [-0.4, -0.2) is 30.6 Å². The molecule has 0 radical (unpaired) electrons. The Hall–Kier alpha value is -0.310. The summed E-state index contributed by atoms with van der Waals surface area (Å²) in [6.07, 6.45) is 4.18. The Kier molecular flexibility index (Phi) is 3.50. The van der Waals surface area contributed by atoms with E-state index < -0.39 is 0 Å². The molecule has 1 aliphatic rings. The summed E-state index contributed by atoms with van der Waals surface area (Å²) >= 11 is 1.80. The standard InChI is InChI=1S/C7H12N2S/c1-8-4-2-3-7-5-10-6-9-7/h4,6-7H,2-3,5H2,1H3. The smallest absolute Gasteiger partial charge is 0.0603 e. The van der Waals surface area contributed by atoms with Crippen molar-refractivity contribution >= 4 is 23.5 Å². The fourth-order valence-corrected chi connectivity index (χ4v) is 1.70. The van der Waals surface area contributed by atoms with E-state index in [0.29, 0.717) is 6.04 Å². The third kappa shape index (κ3) is 2.52. The molecule has 0 saturated heterocycles. The van der Waals surface area contributed by atoms with Gasteiger partial charge in [-0.15, -0.1) is 11.8 Å². The maximum absolute atomic E-state index is 4.28. The van der Waals surface area contributed by atoms with Crippen LogP contribution in [0.25, 0.3) is 0 Å². The van der Waals surface area contributed by atoms with Gasteiger partial charge in [-0.3, -0.25) is 4.99 Å². The average Bonchev–Trinajstić information content (AvgIpc) is 2.41. The zero-order valence-electron chi connectivity index (χ0n) is 6.16. The molecule has 1 heterocycles. The molecule has 0 aromatic carbocycles. The summed E-state index contributed by atoms with van der Waals surface area (Å²) in [6, 6.07) is 0.558. The second-order valence-corrected chi connectivity index (χ2v) is 3.14. The van der Waals surface area contributed by atoms with Gasteiger partial charge in [0.25, 0.3) is 0 Å². The highest BCUT2D eigenvalue weighted by Gasteiger charge is 2.08. The topological polar surface area (TPSA) is 24.7 Å². The first-order valence-corrected chi connectivity index (χ1v) is 4.52. The number of rotatable bonds is 3. The van der Waals surface area contributed by atoms with E-state index in [-0.39, 0.29) is 0 Å². The zero-order valence-corrected chi connectivity index (χ0v) is 6.97. The minimum atomic E-state index is 0.558. The van der Waals surface area contributed by atoms with E-state index in [0.717, 1.165) is 18.6 Å². The van der Waals surface area contributed by atoms with Gasteiger partial charge in [-0.2, -0.15) is 0 Å². The lowest BCUT2D eigenvalue weighted by Crippen LogP contribution is -2.02. The molecule has 56 valence electrons. The van der Waals surface area contributed by atoms with E-state index in [4.69, 9.17) is 0 Å². The van der Waals surface area contributed by atoms with Gasteiger partial charge in [0.15, 0.2) is 0 Å². The Labute approximate surface area is 65.8 Å². The van der Waals surface area contributed by atoms with Crippen molar-refractivity contribution in [3.05, 3.63) is 0 Å². The molecule has 10 heavy (non-hydrogen) atoms. The van der Waals surface area contributed by atoms with E-state index in [1.165, 1.54) is 0 Å². The van der Waals surface area contributed by atoms with Crippen LogP contribution in [0.3, 0.4) is 0 Å². The zero-order chi connectivity index (χ0) is 7.23. The molecule has 0 aromatic rings. The molecule has 0 bridgehead atoms. The van der Waals surface area contributed by atoms with Crippen molar-refractivity contribution in [2.45, 2.75) is 18.9 Å². The lowest BCUT2D eigenvalue weighted by atomic mass is 10.2. The molecule has 1 aliphatic heterocycles. The van der Waals surface area contributed by atoms with Gasteiger partial charge in [0.2, 0.25) is 0 Å². The van der Waals surface area contributed by atoms with Crippen LogP contribution in [-0.2, 0) is 0 Å². The number of thioether (sulfide) groups is 1. The van der Waals surface area contributed by atoms with Gasteiger partial charge in [0, 0.05) is 12.8 Å². The van der Waals surface area contributed by atoms with Crippen molar-refractivity contribution in [1.29, 1.82) is 0 Å². The Morgan fingerprint density at radius 2 is 2.80 bits per heavy atom. The number of hydrogen-bond donors (Lipinski definition) is 0. The first-order chi connectivity index (χ1) is 4.93. The molecular weight excluding hydrogens is 144 g/mol. The number of nitrogens with zero attached hydrogens (tertiary/aromatic N) is 2. The molecule has 3 heteroatoms. The lowest BCUT2D eigenvalue weighted by molar-refractivity contribution is 0.714. The van der Waals surface area contributed by atoms with Gasteiger partial charge in [0.05, 0.1) is 11.6 Å².